The predicted octanol–water partition coefficient (Wildman–Crippen LogP) is 3.67. The summed E-state index contributed by atoms with van der Waals surface area (Å²) >= 11 is 0. The number of aromatic nitrogens is 1. The van der Waals surface area contributed by atoms with Crippen LogP contribution in [0.3, 0.4) is 0 Å². The van der Waals surface area contributed by atoms with E-state index in [1.54, 1.807) is 0 Å². The first-order valence-corrected chi connectivity index (χ1v) is 6.43. The van der Waals surface area contributed by atoms with Crippen LogP contribution in [0.15, 0.2) is 54.7 Å². The van der Waals surface area contributed by atoms with E-state index < -0.39 is 0 Å². The van der Waals surface area contributed by atoms with E-state index in [9.17, 15) is 0 Å². The molecule has 2 aromatic carbocycles. The Bertz CT molecular complexity index is 732. The molecule has 0 unspecified atom stereocenters. The van der Waals surface area contributed by atoms with Gasteiger partial charge < -0.3 is 5.73 Å². The molecule has 0 atom stereocenters. The molecule has 0 amide bonds. The summed E-state index contributed by atoms with van der Waals surface area (Å²) in [6, 6.07) is 16.7. The van der Waals surface area contributed by atoms with Gasteiger partial charge in [-0.25, -0.2) is 0 Å². The fourth-order valence-corrected chi connectivity index (χ4v) is 2.36. The first kappa shape index (κ1) is 11.9. The highest BCUT2D eigenvalue weighted by atomic mass is 14.6. The molecule has 0 aliphatic rings. The van der Waals surface area contributed by atoms with Gasteiger partial charge in [0.05, 0.1) is 5.52 Å². The lowest BCUT2D eigenvalue weighted by Gasteiger charge is -2.10. The van der Waals surface area contributed by atoms with E-state index in [1.165, 1.54) is 11.1 Å². The van der Waals surface area contributed by atoms with Crippen molar-refractivity contribution in [2.45, 2.75) is 13.5 Å². The third-order valence-electron chi connectivity index (χ3n) is 3.39. The molecule has 3 rings (SSSR count). The van der Waals surface area contributed by atoms with Crippen molar-refractivity contribution >= 4 is 10.9 Å². The summed E-state index contributed by atoms with van der Waals surface area (Å²) < 4.78 is 0. The first-order chi connectivity index (χ1) is 9.28. The van der Waals surface area contributed by atoms with Crippen molar-refractivity contribution in [2.75, 3.05) is 0 Å². The van der Waals surface area contributed by atoms with Crippen LogP contribution < -0.4 is 5.73 Å². The average molecular weight is 248 g/mol. The van der Waals surface area contributed by atoms with Gasteiger partial charge in [-0.1, -0.05) is 42.0 Å². The van der Waals surface area contributed by atoms with E-state index in [0.717, 1.165) is 22.0 Å². The smallest absolute Gasteiger partial charge is 0.0702 e. The molecule has 1 aromatic heterocycles. The zero-order chi connectivity index (χ0) is 13.2. The lowest BCUT2D eigenvalue weighted by atomic mass is 9.98. The normalized spacial score (nSPS) is 10.8. The third-order valence-corrected chi connectivity index (χ3v) is 3.39. The van der Waals surface area contributed by atoms with Gasteiger partial charge in [0.25, 0.3) is 0 Å². The largest absolute Gasteiger partial charge is 0.326 e. The second-order valence-corrected chi connectivity index (χ2v) is 4.78. The Labute approximate surface area is 112 Å². The third kappa shape index (κ3) is 2.23. The van der Waals surface area contributed by atoms with Crippen molar-refractivity contribution in [3.63, 3.8) is 0 Å². The van der Waals surface area contributed by atoms with Gasteiger partial charge in [0, 0.05) is 23.7 Å². The maximum absolute atomic E-state index is 5.83. The standard InChI is InChI=1S/C17H16N2/c1-12-6-7-14(10-18)16(8-12)15-9-13-4-2-3-5-17(13)19-11-15/h2-9,11H,10,18H2,1H3. The molecule has 0 bridgehead atoms. The second kappa shape index (κ2) is 4.82. The Hall–Kier alpha value is -2.19. The summed E-state index contributed by atoms with van der Waals surface area (Å²) in [6.45, 7) is 2.64. The summed E-state index contributed by atoms with van der Waals surface area (Å²) in [5.74, 6) is 0. The van der Waals surface area contributed by atoms with Gasteiger partial charge >= 0.3 is 0 Å². The summed E-state index contributed by atoms with van der Waals surface area (Å²) in [5.41, 5.74) is 11.6. The number of fused-ring (bicyclic) bond motifs is 1. The summed E-state index contributed by atoms with van der Waals surface area (Å²) in [7, 11) is 0. The Balaban J connectivity index is 2.21. The molecule has 3 aromatic rings. The van der Waals surface area contributed by atoms with E-state index in [1.807, 2.05) is 24.4 Å². The Morgan fingerprint density at radius 1 is 1.05 bits per heavy atom. The molecule has 2 N–H and O–H groups in total. The minimum absolute atomic E-state index is 0.544. The molecule has 19 heavy (non-hydrogen) atoms. The second-order valence-electron chi connectivity index (χ2n) is 4.78. The maximum atomic E-state index is 5.83. The number of nitrogens with two attached hydrogens (primary N) is 1. The van der Waals surface area contributed by atoms with E-state index in [-0.39, 0.29) is 0 Å². The fourth-order valence-electron chi connectivity index (χ4n) is 2.36. The zero-order valence-electron chi connectivity index (χ0n) is 10.9. The van der Waals surface area contributed by atoms with E-state index in [2.05, 4.69) is 42.2 Å². The van der Waals surface area contributed by atoms with Crippen LogP contribution in [-0.4, -0.2) is 4.98 Å². The van der Waals surface area contributed by atoms with Crippen LogP contribution in [0, 0.1) is 6.92 Å². The van der Waals surface area contributed by atoms with Crippen molar-refractivity contribution < 1.29 is 0 Å². The minimum Gasteiger partial charge on any atom is -0.326 e. The van der Waals surface area contributed by atoms with Crippen LogP contribution in [0.4, 0.5) is 0 Å². The molecule has 2 heteroatoms. The number of nitrogens with zero attached hydrogens (tertiary/aromatic N) is 1. The van der Waals surface area contributed by atoms with Crippen molar-refractivity contribution in [3.05, 3.63) is 65.9 Å². The number of hydrogen-bond acceptors (Lipinski definition) is 2. The summed E-state index contributed by atoms with van der Waals surface area (Å²) in [6.07, 6.45) is 1.93. The van der Waals surface area contributed by atoms with E-state index in [0.29, 0.717) is 6.54 Å². The molecule has 0 radical (unpaired) electrons. The maximum Gasteiger partial charge on any atom is 0.0702 e. The number of rotatable bonds is 2. The van der Waals surface area contributed by atoms with Gasteiger partial charge in [-0.3, -0.25) is 4.98 Å². The summed E-state index contributed by atoms with van der Waals surface area (Å²) in [4.78, 5) is 4.52. The van der Waals surface area contributed by atoms with E-state index in [4.69, 9.17) is 5.73 Å². The number of aryl methyl sites for hydroxylation is 1. The van der Waals surface area contributed by atoms with Crippen LogP contribution in [0.1, 0.15) is 11.1 Å². The Morgan fingerprint density at radius 3 is 2.74 bits per heavy atom. The van der Waals surface area contributed by atoms with Gasteiger partial charge in [0.1, 0.15) is 0 Å². The molecule has 94 valence electrons. The molecule has 0 saturated heterocycles. The van der Waals surface area contributed by atoms with Gasteiger partial charge in [-0.2, -0.15) is 0 Å². The Morgan fingerprint density at radius 2 is 1.89 bits per heavy atom. The first-order valence-electron chi connectivity index (χ1n) is 6.43. The van der Waals surface area contributed by atoms with Gasteiger partial charge in [0.15, 0.2) is 0 Å². The zero-order valence-corrected chi connectivity index (χ0v) is 10.9. The van der Waals surface area contributed by atoms with Crippen LogP contribution in [0.2, 0.25) is 0 Å². The van der Waals surface area contributed by atoms with Crippen molar-refractivity contribution in [2.24, 2.45) is 5.73 Å². The lowest BCUT2D eigenvalue weighted by molar-refractivity contribution is 1.07. The van der Waals surface area contributed by atoms with Gasteiger partial charge in [-0.05, 0) is 30.2 Å². The number of pyridine rings is 1. The van der Waals surface area contributed by atoms with Crippen LogP contribution in [0.5, 0.6) is 0 Å². The molecule has 1 heterocycles. The van der Waals surface area contributed by atoms with Crippen LogP contribution in [0.25, 0.3) is 22.0 Å². The molecular weight excluding hydrogens is 232 g/mol. The van der Waals surface area contributed by atoms with E-state index >= 15 is 0 Å². The topological polar surface area (TPSA) is 38.9 Å². The highest BCUT2D eigenvalue weighted by molar-refractivity contribution is 5.84. The minimum atomic E-state index is 0.544. The highest BCUT2D eigenvalue weighted by Crippen LogP contribution is 2.26. The van der Waals surface area contributed by atoms with Gasteiger partial charge in [0.2, 0.25) is 0 Å². The van der Waals surface area contributed by atoms with Crippen LogP contribution in [-0.2, 0) is 6.54 Å². The lowest BCUT2D eigenvalue weighted by Crippen LogP contribution is -1.99. The Kier molecular flexibility index (Phi) is 3.02. The molecule has 0 fully saturated rings. The van der Waals surface area contributed by atoms with Gasteiger partial charge in [-0.15, -0.1) is 0 Å². The monoisotopic (exact) mass is 248 g/mol. The fraction of sp³-hybridized carbons (Fsp3) is 0.118. The average Bonchev–Trinajstić information content (AvgIpc) is 2.46. The predicted molar refractivity (Wildman–Crippen MR) is 79.8 cm³/mol. The quantitative estimate of drug-likeness (QED) is 0.751. The SMILES string of the molecule is Cc1ccc(CN)c(-c2cnc3ccccc3c2)c1. The molecule has 0 saturated carbocycles. The number of hydrogen-bond donors (Lipinski definition) is 1. The molecule has 0 spiro atoms. The van der Waals surface area contributed by atoms with Crippen LogP contribution >= 0.6 is 0 Å². The van der Waals surface area contributed by atoms with Crippen molar-refractivity contribution in [1.82, 2.24) is 4.98 Å². The summed E-state index contributed by atoms with van der Waals surface area (Å²) in [5, 5.41) is 1.16. The number of para-hydroxylation sites is 1. The highest BCUT2D eigenvalue weighted by Gasteiger charge is 2.06. The van der Waals surface area contributed by atoms with Crippen molar-refractivity contribution in [1.29, 1.82) is 0 Å². The molecule has 0 aliphatic heterocycles. The molecule has 0 aliphatic carbocycles. The van der Waals surface area contributed by atoms with Crippen molar-refractivity contribution in [3.8, 4) is 11.1 Å². The molecular formula is C17H16N2. The molecule has 2 nitrogen and oxygen atoms in total. The number of benzene rings is 2.